The maximum absolute atomic E-state index is 13.2. The van der Waals surface area contributed by atoms with Crippen molar-refractivity contribution in [3.8, 4) is 0 Å². The molecule has 7 heteroatoms. The number of aromatic nitrogens is 1. The van der Waals surface area contributed by atoms with E-state index >= 15 is 0 Å². The minimum Gasteiger partial charge on any atom is -0.254 e. The Kier molecular flexibility index (Phi) is 4.47. The lowest BCUT2D eigenvalue weighted by atomic mass is 10.00. The second kappa shape index (κ2) is 6.41. The molecule has 0 fully saturated rings. The Morgan fingerprint density at radius 1 is 1.08 bits per heavy atom. The fourth-order valence-corrected chi connectivity index (χ4v) is 3.47. The Morgan fingerprint density at radius 2 is 1.75 bits per heavy atom. The van der Waals surface area contributed by atoms with Crippen LogP contribution in [0.3, 0.4) is 0 Å². The first kappa shape index (κ1) is 16.7. The average Bonchev–Trinajstić information content (AvgIpc) is 2.99. The highest BCUT2D eigenvalue weighted by atomic mass is 32.2. The number of rotatable bonds is 4. The second-order valence-corrected chi connectivity index (χ2v) is 7.38. The molecule has 1 aromatic carbocycles. The predicted octanol–water partition coefficient (Wildman–Crippen LogP) is 3.16. The largest absolute Gasteiger partial charge is 0.254 e. The van der Waals surface area contributed by atoms with Gasteiger partial charge in [0, 0.05) is 0 Å². The van der Waals surface area contributed by atoms with Crippen LogP contribution in [0.15, 0.2) is 47.5 Å². The normalized spacial score (nSPS) is 18.2. The van der Waals surface area contributed by atoms with Gasteiger partial charge in [0.15, 0.2) is 0 Å². The molecule has 24 heavy (non-hydrogen) atoms. The molecule has 0 spiro atoms. The van der Waals surface area contributed by atoms with Gasteiger partial charge < -0.3 is 0 Å². The summed E-state index contributed by atoms with van der Waals surface area (Å²) < 4.78 is 48.9. The molecule has 2 N–H and O–H groups in total. The Labute approximate surface area is 139 Å². The third-order valence-corrected chi connectivity index (χ3v) is 5.07. The zero-order valence-electron chi connectivity index (χ0n) is 12.7. The quantitative estimate of drug-likeness (QED) is 0.920. The van der Waals surface area contributed by atoms with Crippen molar-refractivity contribution in [3.63, 3.8) is 0 Å². The summed E-state index contributed by atoms with van der Waals surface area (Å²) >= 11 is 0. The molecule has 126 valence electrons. The van der Waals surface area contributed by atoms with Crippen LogP contribution in [0, 0.1) is 11.7 Å². The van der Waals surface area contributed by atoms with E-state index in [2.05, 4.69) is 4.98 Å². The first-order valence-electron chi connectivity index (χ1n) is 7.41. The van der Waals surface area contributed by atoms with Crippen LogP contribution in [0.4, 0.5) is 8.78 Å². The number of sulfonamides is 1. The van der Waals surface area contributed by atoms with Gasteiger partial charge in [-0.25, -0.2) is 17.9 Å². The van der Waals surface area contributed by atoms with Crippen LogP contribution in [-0.2, 0) is 10.0 Å². The molecule has 0 bridgehead atoms. The minimum atomic E-state index is -3.76. The molecule has 0 aliphatic heterocycles. The van der Waals surface area contributed by atoms with Crippen LogP contribution >= 0.6 is 0 Å². The fourth-order valence-electron chi connectivity index (χ4n) is 2.96. The second-order valence-electron chi connectivity index (χ2n) is 5.82. The molecule has 0 amide bonds. The zero-order chi connectivity index (χ0) is 17.3. The van der Waals surface area contributed by atoms with Crippen molar-refractivity contribution in [2.75, 3.05) is 6.67 Å². The van der Waals surface area contributed by atoms with Gasteiger partial charge in [0.1, 0.15) is 5.82 Å². The van der Waals surface area contributed by atoms with Gasteiger partial charge in [-0.15, -0.1) is 0 Å². The van der Waals surface area contributed by atoms with Crippen molar-refractivity contribution in [3.05, 3.63) is 59.7 Å². The van der Waals surface area contributed by atoms with E-state index in [-0.39, 0.29) is 10.8 Å². The van der Waals surface area contributed by atoms with Crippen LogP contribution in [0.5, 0.6) is 0 Å². The van der Waals surface area contributed by atoms with E-state index in [4.69, 9.17) is 5.14 Å². The number of alkyl halides is 1. The first-order valence-corrected chi connectivity index (χ1v) is 8.96. The fraction of sp³-hybridized carbons (Fsp3) is 0.235. The summed E-state index contributed by atoms with van der Waals surface area (Å²) in [5, 5.41) is 5.10. The van der Waals surface area contributed by atoms with E-state index < -0.39 is 22.5 Å². The summed E-state index contributed by atoms with van der Waals surface area (Å²) in [6.45, 7) is -0.455. The maximum atomic E-state index is 13.2. The first-order chi connectivity index (χ1) is 11.4. The molecular weight excluding hydrogens is 334 g/mol. The van der Waals surface area contributed by atoms with Gasteiger partial charge >= 0.3 is 0 Å². The summed E-state index contributed by atoms with van der Waals surface area (Å²) in [6.07, 6.45) is 2.17. The minimum absolute atomic E-state index is 0.0216. The lowest BCUT2D eigenvalue weighted by molar-refractivity contribution is 0.379. The summed E-state index contributed by atoms with van der Waals surface area (Å²) in [4.78, 5) is 4.11. The number of halogens is 2. The monoisotopic (exact) mass is 350 g/mol. The van der Waals surface area contributed by atoms with Crippen LogP contribution in [0.2, 0.25) is 0 Å². The number of benzene rings is 1. The van der Waals surface area contributed by atoms with E-state index in [0.29, 0.717) is 18.5 Å². The Balaban J connectivity index is 2.04. The van der Waals surface area contributed by atoms with Crippen molar-refractivity contribution >= 4 is 21.2 Å². The molecule has 1 aliphatic rings. The lowest BCUT2D eigenvalue weighted by Crippen LogP contribution is -2.11. The van der Waals surface area contributed by atoms with Gasteiger partial charge in [0.05, 0.1) is 23.5 Å². The average molecular weight is 350 g/mol. The third-order valence-electron chi connectivity index (χ3n) is 4.14. The molecule has 4 nitrogen and oxygen atoms in total. The number of primary sulfonamides is 1. The zero-order valence-corrected chi connectivity index (χ0v) is 13.6. The van der Waals surface area contributed by atoms with Crippen LogP contribution in [0.25, 0.3) is 11.1 Å². The topological polar surface area (TPSA) is 73.1 Å². The van der Waals surface area contributed by atoms with Crippen molar-refractivity contribution in [1.82, 2.24) is 4.98 Å². The van der Waals surface area contributed by atoms with Gasteiger partial charge in [-0.1, -0.05) is 12.1 Å². The van der Waals surface area contributed by atoms with Gasteiger partial charge in [-0.05, 0) is 59.7 Å². The standard InChI is InChI=1S/C17H16F2N2O2S/c18-9-11-7-15(12-1-4-14(5-2-12)24(20,22)23)16(8-11)17-6-3-13(19)10-21-17/h1-6,10-11H,7-9H2,(H2,20,22,23). The number of nitrogens with zero attached hydrogens (tertiary/aromatic N) is 1. The van der Waals surface area contributed by atoms with E-state index in [0.717, 1.165) is 22.9 Å². The summed E-state index contributed by atoms with van der Waals surface area (Å²) in [7, 11) is -3.76. The van der Waals surface area contributed by atoms with Gasteiger partial charge in [0.25, 0.3) is 0 Å². The molecular formula is C17H16F2N2O2S. The summed E-state index contributed by atoms with van der Waals surface area (Å²) in [6, 6.07) is 9.05. The molecule has 1 aliphatic carbocycles. The van der Waals surface area contributed by atoms with Crippen molar-refractivity contribution < 1.29 is 17.2 Å². The number of allylic oxidation sites excluding steroid dienone is 2. The predicted molar refractivity (Wildman–Crippen MR) is 87.5 cm³/mol. The van der Waals surface area contributed by atoms with E-state index in [1.165, 1.54) is 18.2 Å². The highest BCUT2D eigenvalue weighted by Gasteiger charge is 2.27. The Hall–Kier alpha value is -2.12. The maximum Gasteiger partial charge on any atom is 0.238 e. The van der Waals surface area contributed by atoms with Crippen molar-refractivity contribution in [2.24, 2.45) is 11.1 Å². The van der Waals surface area contributed by atoms with E-state index in [1.807, 2.05) is 0 Å². The van der Waals surface area contributed by atoms with Gasteiger partial charge in [0.2, 0.25) is 10.0 Å². The molecule has 0 saturated heterocycles. The lowest BCUT2D eigenvalue weighted by Gasteiger charge is -2.08. The molecule has 2 aromatic rings. The molecule has 3 rings (SSSR count). The number of hydrogen-bond donors (Lipinski definition) is 1. The Morgan fingerprint density at radius 3 is 2.29 bits per heavy atom. The molecule has 1 aromatic heterocycles. The summed E-state index contributed by atoms with van der Waals surface area (Å²) in [5.74, 6) is -0.585. The van der Waals surface area contributed by atoms with Gasteiger partial charge in [-0.2, -0.15) is 0 Å². The molecule has 1 atom stereocenters. The molecule has 0 radical (unpaired) electrons. The van der Waals surface area contributed by atoms with Crippen molar-refractivity contribution in [1.29, 1.82) is 0 Å². The highest BCUT2D eigenvalue weighted by molar-refractivity contribution is 7.89. The van der Waals surface area contributed by atoms with E-state index in [9.17, 15) is 17.2 Å². The molecule has 0 saturated carbocycles. The molecule has 1 heterocycles. The highest BCUT2D eigenvalue weighted by Crippen LogP contribution is 2.42. The van der Waals surface area contributed by atoms with Gasteiger partial charge in [-0.3, -0.25) is 9.37 Å². The number of pyridine rings is 1. The number of hydrogen-bond acceptors (Lipinski definition) is 3. The SMILES string of the molecule is NS(=O)(=O)c1ccc(C2=C(c3ccc(F)cn3)CC(CF)C2)cc1. The number of nitrogens with two attached hydrogens (primary N) is 1. The van der Waals surface area contributed by atoms with Crippen LogP contribution < -0.4 is 5.14 Å². The Bertz CT molecular complexity index is 876. The summed E-state index contributed by atoms with van der Waals surface area (Å²) in [5.41, 5.74) is 3.16. The van der Waals surface area contributed by atoms with Crippen LogP contribution in [0.1, 0.15) is 24.1 Å². The van der Waals surface area contributed by atoms with Crippen LogP contribution in [-0.4, -0.2) is 20.1 Å². The van der Waals surface area contributed by atoms with Crippen molar-refractivity contribution in [2.45, 2.75) is 17.7 Å². The third kappa shape index (κ3) is 3.37. The van der Waals surface area contributed by atoms with E-state index in [1.54, 1.807) is 18.2 Å². The smallest absolute Gasteiger partial charge is 0.238 e. The molecule has 1 unspecified atom stereocenters.